The summed E-state index contributed by atoms with van der Waals surface area (Å²) in [6.07, 6.45) is 0.901. The molecule has 2 heterocycles. The molecule has 1 aliphatic rings. The Morgan fingerprint density at radius 2 is 2.26 bits per heavy atom. The van der Waals surface area contributed by atoms with Gasteiger partial charge in [0.05, 0.1) is 4.92 Å². The molecule has 0 aromatic carbocycles. The van der Waals surface area contributed by atoms with Crippen molar-refractivity contribution < 1.29 is 19.6 Å². The van der Waals surface area contributed by atoms with E-state index in [1.54, 1.807) is 0 Å². The maximum atomic E-state index is 12.2. The number of aromatic amines is 1. The van der Waals surface area contributed by atoms with E-state index in [0.29, 0.717) is 12.8 Å². The number of hydrogen-bond donors (Lipinski definition) is 2. The van der Waals surface area contributed by atoms with Crippen LogP contribution in [0.15, 0.2) is 0 Å². The van der Waals surface area contributed by atoms with E-state index in [1.165, 1.54) is 6.92 Å². The summed E-state index contributed by atoms with van der Waals surface area (Å²) in [6.45, 7) is 1.69. The lowest BCUT2D eigenvalue weighted by molar-refractivity contribution is -0.385. The summed E-state index contributed by atoms with van der Waals surface area (Å²) in [7, 11) is 0. The Labute approximate surface area is 107 Å². The summed E-state index contributed by atoms with van der Waals surface area (Å²) in [5.41, 5.74) is -0.573. The number of nitrogens with zero attached hydrogens (tertiary/aromatic N) is 3. The van der Waals surface area contributed by atoms with Crippen LogP contribution in [0.1, 0.15) is 29.0 Å². The first-order chi connectivity index (χ1) is 8.93. The van der Waals surface area contributed by atoms with Gasteiger partial charge in [0.2, 0.25) is 5.69 Å². The Hall–Kier alpha value is -2.45. The molecule has 1 aromatic rings. The first-order valence-corrected chi connectivity index (χ1v) is 5.66. The molecule has 1 saturated heterocycles. The second-order valence-electron chi connectivity index (χ2n) is 4.30. The van der Waals surface area contributed by atoms with Gasteiger partial charge in [0.1, 0.15) is 11.7 Å². The normalized spacial score (nSPS) is 18.6. The fourth-order valence-corrected chi connectivity index (χ4v) is 2.20. The standard InChI is InChI=1S/C10H12N4O5/c1-5-8(14(18)19)7(12-11-5)9(15)13-4-2-3-6(13)10(16)17/h6H,2-4H2,1H3,(H,11,12)(H,16,17)/t6-/m0/s1. The van der Waals surface area contributed by atoms with Crippen molar-refractivity contribution in [1.29, 1.82) is 0 Å². The van der Waals surface area contributed by atoms with Gasteiger partial charge in [-0.05, 0) is 19.8 Å². The number of carboxylic acid groups (broad SMARTS) is 1. The molecule has 0 bridgehead atoms. The van der Waals surface area contributed by atoms with Crippen LogP contribution >= 0.6 is 0 Å². The van der Waals surface area contributed by atoms with Crippen molar-refractivity contribution in [3.05, 3.63) is 21.5 Å². The highest BCUT2D eigenvalue weighted by molar-refractivity contribution is 5.98. The van der Waals surface area contributed by atoms with Crippen molar-refractivity contribution in [2.75, 3.05) is 6.54 Å². The van der Waals surface area contributed by atoms with Gasteiger partial charge in [0, 0.05) is 6.54 Å². The molecular weight excluding hydrogens is 256 g/mol. The minimum absolute atomic E-state index is 0.166. The van der Waals surface area contributed by atoms with E-state index < -0.39 is 28.5 Å². The first kappa shape index (κ1) is 13.0. The maximum Gasteiger partial charge on any atom is 0.326 e. The second-order valence-corrected chi connectivity index (χ2v) is 4.30. The number of carboxylic acids is 1. The number of H-pyrrole nitrogens is 1. The predicted molar refractivity (Wildman–Crippen MR) is 61.7 cm³/mol. The molecule has 9 nitrogen and oxygen atoms in total. The number of rotatable bonds is 3. The van der Waals surface area contributed by atoms with Gasteiger partial charge in [-0.3, -0.25) is 20.0 Å². The van der Waals surface area contributed by atoms with Crippen molar-refractivity contribution >= 4 is 17.6 Å². The number of aliphatic carboxylic acids is 1. The zero-order valence-corrected chi connectivity index (χ0v) is 10.1. The summed E-state index contributed by atoms with van der Waals surface area (Å²) >= 11 is 0. The average Bonchev–Trinajstić information content (AvgIpc) is 2.93. The third-order valence-electron chi connectivity index (χ3n) is 3.10. The number of carbonyl (C=O) groups excluding carboxylic acids is 1. The minimum Gasteiger partial charge on any atom is -0.480 e. The molecule has 0 radical (unpaired) electrons. The zero-order chi connectivity index (χ0) is 14.2. The molecule has 0 unspecified atom stereocenters. The van der Waals surface area contributed by atoms with E-state index in [4.69, 9.17) is 5.11 Å². The zero-order valence-electron chi connectivity index (χ0n) is 10.1. The summed E-state index contributed by atoms with van der Waals surface area (Å²) in [5, 5.41) is 25.9. The number of nitrogens with one attached hydrogen (secondary N) is 1. The highest BCUT2D eigenvalue weighted by Gasteiger charge is 2.38. The number of likely N-dealkylation sites (tertiary alicyclic amines) is 1. The molecule has 1 aliphatic heterocycles. The topological polar surface area (TPSA) is 129 Å². The summed E-state index contributed by atoms with van der Waals surface area (Å²) in [6, 6.07) is -0.941. The van der Waals surface area contributed by atoms with E-state index in [1.807, 2.05) is 0 Å². The van der Waals surface area contributed by atoms with Crippen molar-refractivity contribution in [3.63, 3.8) is 0 Å². The molecule has 0 aliphatic carbocycles. The smallest absolute Gasteiger partial charge is 0.326 e. The summed E-state index contributed by atoms with van der Waals surface area (Å²) in [5.74, 6) is -1.83. The fraction of sp³-hybridized carbons (Fsp3) is 0.500. The van der Waals surface area contributed by atoms with Gasteiger partial charge in [-0.15, -0.1) is 0 Å². The number of amides is 1. The highest BCUT2D eigenvalue weighted by atomic mass is 16.6. The molecule has 1 atom stereocenters. The van der Waals surface area contributed by atoms with Gasteiger partial charge in [0.15, 0.2) is 0 Å². The Kier molecular flexibility index (Phi) is 3.19. The van der Waals surface area contributed by atoms with Crippen LogP contribution in [0.4, 0.5) is 5.69 Å². The van der Waals surface area contributed by atoms with E-state index in [2.05, 4.69) is 10.2 Å². The number of aromatic nitrogens is 2. The number of nitro groups is 1. The SMILES string of the molecule is Cc1[nH]nc(C(=O)N2CCC[C@H]2C(=O)O)c1[N+](=O)[O-]. The fourth-order valence-electron chi connectivity index (χ4n) is 2.20. The van der Waals surface area contributed by atoms with E-state index in [9.17, 15) is 19.7 Å². The average molecular weight is 268 g/mol. The highest BCUT2D eigenvalue weighted by Crippen LogP contribution is 2.25. The lowest BCUT2D eigenvalue weighted by Gasteiger charge is -2.19. The Morgan fingerprint density at radius 1 is 1.58 bits per heavy atom. The third kappa shape index (κ3) is 2.14. The van der Waals surface area contributed by atoms with Crippen molar-refractivity contribution in [1.82, 2.24) is 15.1 Å². The first-order valence-electron chi connectivity index (χ1n) is 5.66. The van der Waals surface area contributed by atoms with Crippen molar-refractivity contribution in [3.8, 4) is 0 Å². The van der Waals surface area contributed by atoms with Crippen LogP contribution in [0.3, 0.4) is 0 Å². The summed E-state index contributed by atoms with van der Waals surface area (Å²) in [4.78, 5) is 34.5. The van der Waals surface area contributed by atoms with E-state index >= 15 is 0 Å². The van der Waals surface area contributed by atoms with Crippen LogP contribution in [0.5, 0.6) is 0 Å². The molecule has 19 heavy (non-hydrogen) atoms. The van der Waals surface area contributed by atoms with Crippen LogP contribution in [0, 0.1) is 17.0 Å². The quantitative estimate of drug-likeness (QED) is 0.599. The Morgan fingerprint density at radius 3 is 2.84 bits per heavy atom. The predicted octanol–water partition coefficient (Wildman–Crippen LogP) is 0.316. The molecule has 102 valence electrons. The van der Waals surface area contributed by atoms with Gasteiger partial charge in [-0.1, -0.05) is 0 Å². The number of aryl methyl sites for hydroxylation is 1. The molecule has 2 N–H and O–H groups in total. The number of hydrogen-bond acceptors (Lipinski definition) is 5. The van der Waals surface area contributed by atoms with E-state index in [-0.39, 0.29) is 17.9 Å². The van der Waals surface area contributed by atoms with Crippen LogP contribution in [0.25, 0.3) is 0 Å². The third-order valence-corrected chi connectivity index (χ3v) is 3.10. The molecular formula is C10H12N4O5. The minimum atomic E-state index is -1.11. The lowest BCUT2D eigenvalue weighted by atomic mass is 10.2. The van der Waals surface area contributed by atoms with Gasteiger partial charge < -0.3 is 10.0 Å². The van der Waals surface area contributed by atoms with Gasteiger partial charge in [-0.2, -0.15) is 5.10 Å². The van der Waals surface area contributed by atoms with Crippen LogP contribution < -0.4 is 0 Å². The maximum absolute atomic E-state index is 12.2. The molecule has 0 spiro atoms. The van der Waals surface area contributed by atoms with Crippen molar-refractivity contribution in [2.45, 2.75) is 25.8 Å². The van der Waals surface area contributed by atoms with Gasteiger partial charge in [0.25, 0.3) is 5.91 Å². The molecule has 2 rings (SSSR count). The Bertz CT molecular complexity index is 552. The molecule has 1 aromatic heterocycles. The summed E-state index contributed by atoms with van der Waals surface area (Å²) < 4.78 is 0. The molecule has 1 amide bonds. The molecule has 9 heteroatoms. The molecule has 0 saturated carbocycles. The monoisotopic (exact) mass is 268 g/mol. The van der Waals surface area contributed by atoms with Crippen LogP contribution in [-0.2, 0) is 4.79 Å². The van der Waals surface area contributed by atoms with Crippen LogP contribution in [-0.4, -0.2) is 49.6 Å². The lowest BCUT2D eigenvalue weighted by Crippen LogP contribution is -2.40. The molecule has 1 fully saturated rings. The van der Waals surface area contributed by atoms with Crippen molar-refractivity contribution in [2.24, 2.45) is 0 Å². The van der Waals surface area contributed by atoms with E-state index in [0.717, 1.165) is 4.90 Å². The van der Waals surface area contributed by atoms with Gasteiger partial charge in [-0.25, -0.2) is 4.79 Å². The van der Waals surface area contributed by atoms with Gasteiger partial charge >= 0.3 is 11.7 Å². The second kappa shape index (κ2) is 4.67. The number of carbonyl (C=O) groups is 2. The largest absolute Gasteiger partial charge is 0.480 e. The van der Waals surface area contributed by atoms with Crippen LogP contribution in [0.2, 0.25) is 0 Å². The Balaban J connectivity index is 2.35.